The second-order valence-electron chi connectivity index (χ2n) is 3.23. The first-order valence-corrected chi connectivity index (χ1v) is 4.56. The van der Waals surface area contributed by atoms with Crippen molar-refractivity contribution in [2.24, 2.45) is 0 Å². The van der Waals surface area contributed by atoms with Gasteiger partial charge in [0.25, 0.3) is 0 Å². The summed E-state index contributed by atoms with van der Waals surface area (Å²) < 4.78 is 10.6. The number of hydrogen-bond acceptors (Lipinski definition) is 4. The van der Waals surface area contributed by atoms with Gasteiger partial charge in [0.2, 0.25) is 0 Å². The highest BCUT2D eigenvalue weighted by Crippen LogP contribution is 2.07. The van der Waals surface area contributed by atoms with Crippen molar-refractivity contribution in [3.63, 3.8) is 0 Å². The predicted molar refractivity (Wildman–Crippen MR) is 47.3 cm³/mol. The fraction of sp³-hybridized carbons (Fsp3) is 0.667. The van der Waals surface area contributed by atoms with Crippen LogP contribution < -0.4 is 0 Å². The molecule has 0 aromatic carbocycles. The number of nitrogens with zero attached hydrogens (tertiary/aromatic N) is 2. The summed E-state index contributed by atoms with van der Waals surface area (Å²) in [6.45, 7) is 6.34. The molecule has 1 aromatic rings. The van der Waals surface area contributed by atoms with Gasteiger partial charge in [-0.15, -0.1) is 0 Å². The van der Waals surface area contributed by atoms with Gasteiger partial charge in [0.05, 0.1) is 26.0 Å². The standard InChI is InChI=1S/C9H14N2O2/c1-8-10-6-9(13-8)7-11-2-4-12-5-3-11/h6H,2-5,7H2,1H3. The third-order valence-corrected chi connectivity index (χ3v) is 2.15. The molecule has 0 aliphatic carbocycles. The quantitative estimate of drug-likeness (QED) is 0.678. The van der Waals surface area contributed by atoms with Crippen molar-refractivity contribution in [2.45, 2.75) is 13.5 Å². The minimum absolute atomic E-state index is 0.739. The van der Waals surface area contributed by atoms with Crippen LogP contribution in [0.2, 0.25) is 0 Å². The van der Waals surface area contributed by atoms with Gasteiger partial charge in [-0.05, 0) is 0 Å². The highest BCUT2D eigenvalue weighted by atomic mass is 16.5. The predicted octanol–water partition coefficient (Wildman–Crippen LogP) is 0.815. The molecule has 1 fully saturated rings. The monoisotopic (exact) mass is 182 g/mol. The largest absolute Gasteiger partial charge is 0.445 e. The maximum Gasteiger partial charge on any atom is 0.191 e. The Morgan fingerprint density at radius 3 is 2.85 bits per heavy atom. The fourth-order valence-corrected chi connectivity index (χ4v) is 1.46. The van der Waals surface area contributed by atoms with E-state index in [9.17, 15) is 0 Å². The number of oxazole rings is 1. The van der Waals surface area contributed by atoms with E-state index in [-0.39, 0.29) is 0 Å². The summed E-state index contributed by atoms with van der Waals surface area (Å²) in [5, 5.41) is 0. The van der Waals surface area contributed by atoms with Gasteiger partial charge in [-0.1, -0.05) is 0 Å². The summed E-state index contributed by atoms with van der Waals surface area (Å²) in [4.78, 5) is 6.37. The molecule has 1 aliphatic heterocycles. The minimum Gasteiger partial charge on any atom is -0.445 e. The summed E-state index contributed by atoms with van der Waals surface area (Å²) in [5.74, 6) is 1.68. The van der Waals surface area contributed by atoms with Crippen LogP contribution in [0, 0.1) is 6.92 Å². The number of morpholine rings is 1. The zero-order chi connectivity index (χ0) is 9.10. The van der Waals surface area contributed by atoms with Gasteiger partial charge < -0.3 is 9.15 Å². The Morgan fingerprint density at radius 2 is 2.23 bits per heavy atom. The molecular weight excluding hydrogens is 168 g/mol. The van der Waals surface area contributed by atoms with Gasteiger partial charge >= 0.3 is 0 Å². The Bertz CT molecular complexity index is 266. The van der Waals surface area contributed by atoms with Gasteiger partial charge in [0.15, 0.2) is 5.89 Å². The first-order valence-electron chi connectivity index (χ1n) is 4.56. The van der Waals surface area contributed by atoms with E-state index in [1.807, 2.05) is 6.92 Å². The van der Waals surface area contributed by atoms with Crippen LogP contribution in [0.1, 0.15) is 11.7 Å². The van der Waals surface area contributed by atoms with E-state index < -0.39 is 0 Å². The lowest BCUT2D eigenvalue weighted by Gasteiger charge is -2.25. The van der Waals surface area contributed by atoms with Crippen LogP contribution in [-0.4, -0.2) is 36.2 Å². The molecule has 0 saturated carbocycles. The van der Waals surface area contributed by atoms with Gasteiger partial charge in [-0.2, -0.15) is 0 Å². The zero-order valence-corrected chi connectivity index (χ0v) is 7.82. The van der Waals surface area contributed by atoms with Gasteiger partial charge in [0, 0.05) is 20.0 Å². The van der Waals surface area contributed by atoms with Crippen molar-refractivity contribution in [3.05, 3.63) is 17.8 Å². The van der Waals surface area contributed by atoms with Crippen molar-refractivity contribution in [1.82, 2.24) is 9.88 Å². The lowest BCUT2D eigenvalue weighted by molar-refractivity contribution is 0.0312. The number of rotatable bonds is 2. The van der Waals surface area contributed by atoms with E-state index >= 15 is 0 Å². The minimum atomic E-state index is 0.739. The van der Waals surface area contributed by atoms with E-state index in [0.29, 0.717) is 0 Å². The smallest absolute Gasteiger partial charge is 0.191 e. The van der Waals surface area contributed by atoms with Crippen LogP contribution in [0.15, 0.2) is 10.6 Å². The maximum atomic E-state index is 5.39. The molecule has 4 nitrogen and oxygen atoms in total. The molecule has 0 spiro atoms. The van der Waals surface area contributed by atoms with Crippen molar-refractivity contribution >= 4 is 0 Å². The molecule has 2 rings (SSSR count). The summed E-state index contributed by atoms with van der Waals surface area (Å²) in [7, 11) is 0. The van der Waals surface area contributed by atoms with Crippen LogP contribution in [0.3, 0.4) is 0 Å². The van der Waals surface area contributed by atoms with Crippen LogP contribution in [0.5, 0.6) is 0 Å². The van der Waals surface area contributed by atoms with Gasteiger partial charge in [0.1, 0.15) is 5.76 Å². The number of ether oxygens (including phenoxy) is 1. The van der Waals surface area contributed by atoms with E-state index in [0.717, 1.165) is 44.5 Å². The molecule has 0 atom stereocenters. The SMILES string of the molecule is Cc1ncc(CN2CCOCC2)o1. The Kier molecular flexibility index (Phi) is 2.61. The molecular formula is C9H14N2O2. The van der Waals surface area contributed by atoms with Gasteiger partial charge in [-0.25, -0.2) is 4.98 Å². The Hall–Kier alpha value is -0.870. The van der Waals surface area contributed by atoms with E-state index in [2.05, 4.69) is 9.88 Å². The summed E-state index contributed by atoms with van der Waals surface area (Å²) in [5.41, 5.74) is 0. The second-order valence-corrected chi connectivity index (χ2v) is 3.23. The Morgan fingerprint density at radius 1 is 1.46 bits per heavy atom. The van der Waals surface area contributed by atoms with Crippen molar-refractivity contribution < 1.29 is 9.15 Å². The number of aromatic nitrogens is 1. The van der Waals surface area contributed by atoms with Crippen LogP contribution >= 0.6 is 0 Å². The molecule has 0 radical (unpaired) electrons. The molecule has 0 N–H and O–H groups in total. The average molecular weight is 182 g/mol. The molecule has 1 aliphatic rings. The first-order chi connectivity index (χ1) is 6.34. The number of hydrogen-bond donors (Lipinski definition) is 0. The maximum absolute atomic E-state index is 5.39. The van der Waals surface area contributed by atoms with Crippen molar-refractivity contribution in [1.29, 1.82) is 0 Å². The third-order valence-electron chi connectivity index (χ3n) is 2.15. The Labute approximate surface area is 77.5 Å². The number of aryl methyl sites for hydroxylation is 1. The summed E-state index contributed by atoms with van der Waals surface area (Å²) in [6.07, 6.45) is 1.80. The van der Waals surface area contributed by atoms with E-state index in [1.165, 1.54) is 0 Å². The highest BCUT2D eigenvalue weighted by Gasteiger charge is 2.12. The summed E-state index contributed by atoms with van der Waals surface area (Å²) >= 11 is 0. The molecule has 0 unspecified atom stereocenters. The van der Waals surface area contributed by atoms with Crippen LogP contribution in [-0.2, 0) is 11.3 Å². The normalized spacial score (nSPS) is 19.2. The summed E-state index contributed by atoms with van der Waals surface area (Å²) in [6, 6.07) is 0. The molecule has 13 heavy (non-hydrogen) atoms. The second kappa shape index (κ2) is 3.89. The van der Waals surface area contributed by atoms with Crippen molar-refractivity contribution in [3.8, 4) is 0 Å². The molecule has 2 heterocycles. The molecule has 72 valence electrons. The van der Waals surface area contributed by atoms with Crippen LogP contribution in [0.4, 0.5) is 0 Å². The third kappa shape index (κ3) is 2.29. The lowest BCUT2D eigenvalue weighted by atomic mass is 10.4. The Balaban J connectivity index is 1.89. The topological polar surface area (TPSA) is 38.5 Å². The lowest BCUT2D eigenvalue weighted by Crippen LogP contribution is -2.35. The van der Waals surface area contributed by atoms with E-state index in [1.54, 1.807) is 6.20 Å². The zero-order valence-electron chi connectivity index (χ0n) is 7.82. The van der Waals surface area contributed by atoms with Crippen molar-refractivity contribution in [2.75, 3.05) is 26.3 Å². The van der Waals surface area contributed by atoms with Crippen LogP contribution in [0.25, 0.3) is 0 Å². The molecule has 0 amide bonds. The molecule has 1 saturated heterocycles. The molecule has 1 aromatic heterocycles. The average Bonchev–Trinajstić information content (AvgIpc) is 2.53. The van der Waals surface area contributed by atoms with Gasteiger partial charge in [-0.3, -0.25) is 4.90 Å². The fourth-order valence-electron chi connectivity index (χ4n) is 1.46. The van der Waals surface area contributed by atoms with E-state index in [4.69, 9.17) is 9.15 Å². The molecule has 0 bridgehead atoms. The first kappa shape index (κ1) is 8.72. The molecule has 4 heteroatoms. The highest BCUT2D eigenvalue weighted by molar-refractivity contribution is 4.92.